The molecule has 0 saturated carbocycles. The minimum Gasteiger partial charge on any atom is -0.382 e. The summed E-state index contributed by atoms with van der Waals surface area (Å²) in [6.07, 6.45) is -0.751. The van der Waals surface area contributed by atoms with Gasteiger partial charge in [0.25, 0.3) is 5.91 Å². The van der Waals surface area contributed by atoms with Crippen molar-refractivity contribution in [2.75, 3.05) is 5.32 Å². The molecule has 1 amide bonds. The topological polar surface area (TPSA) is 69.0 Å². The number of rotatable bonds is 4. The Balaban J connectivity index is 1.73. The number of aromatic nitrogens is 3. The molecule has 2 aromatic carbocycles. The Morgan fingerprint density at radius 2 is 2.13 bits per heavy atom. The minimum atomic E-state index is -0.751. The number of nitrogens with zero attached hydrogens (tertiary/aromatic N) is 3. The lowest BCUT2D eigenvalue weighted by molar-refractivity contribution is -0.127. The van der Waals surface area contributed by atoms with Gasteiger partial charge in [-0.1, -0.05) is 28.6 Å². The fraction of sp³-hybridized carbons (Fsp3) is 0.188. The van der Waals surface area contributed by atoms with E-state index in [0.29, 0.717) is 16.1 Å². The Bertz CT molecular complexity index is 862. The van der Waals surface area contributed by atoms with Crippen LogP contribution in [0.3, 0.4) is 0 Å². The van der Waals surface area contributed by atoms with Gasteiger partial charge in [-0.3, -0.25) is 4.79 Å². The van der Waals surface area contributed by atoms with Crippen molar-refractivity contribution in [3.63, 3.8) is 0 Å². The zero-order chi connectivity index (χ0) is 16.4. The molecule has 0 aliphatic carbocycles. The van der Waals surface area contributed by atoms with E-state index >= 15 is 0 Å². The lowest BCUT2D eigenvalue weighted by atomic mass is 10.2. The van der Waals surface area contributed by atoms with E-state index < -0.39 is 6.10 Å². The zero-order valence-electron chi connectivity index (χ0n) is 12.7. The third-order valence-electron chi connectivity index (χ3n) is 3.29. The molecule has 0 bridgehead atoms. The van der Waals surface area contributed by atoms with E-state index in [1.807, 2.05) is 31.2 Å². The maximum absolute atomic E-state index is 12.2. The summed E-state index contributed by atoms with van der Waals surface area (Å²) in [7, 11) is 0. The third-order valence-corrected chi connectivity index (χ3v) is 3.53. The molecule has 3 aromatic rings. The van der Waals surface area contributed by atoms with E-state index in [1.54, 1.807) is 25.1 Å². The average Bonchev–Trinajstić information content (AvgIpc) is 2.89. The van der Waals surface area contributed by atoms with Gasteiger partial charge in [-0.25, -0.2) is 0 Å². The van der Waals surface area contributed by atoms with Crippen LogP contribution in [0.2, 0.25) is 5.02 Å². The second-order valence-electron chi connectivity index (χ2n) is 5.20. The summed E-state index contributed by atoms with van der Waals surface area (Å²) < 4.78 is 0. The van der Waals surface area contributed by atoms with Gasteiger partial charge >= 0.3 is 0 Å². The fourth-order valence-electron chi connectivity index (χ4n) is 2.11. The SMILES string of the molecule is Cc1cccc(NC(=O)C(C)On2nnc3ccc(Cl)cc32)c1. The van der Waals surface area contributed by atoms with Crippen molar-refractivity contribution in [2.45, 2.75) is 20.0 Å². The molecule has 118 valence electrons. The molecule has 1 unspecified atom stereocenters. The second kappa shape index (κ2) is 6.26. The minimum absolute atomic E-state index is 0.277. The Morgan fingerprint density at radius 3 is 2.91 bits per heavy atom. The predicted molar refractivity (Wildman–Crippen MR) is 88.4 cm³/mol. The normalized spacial score (nSPS) is 12.1. The van der Waals surface area contributed by atoms with Crippen molar-refractivity contribution >= 4 is 34.2 Å². The standard InChI is InChI=1S/C16H15ClN4O2/c1-10-4-3-5-13(8-10)18-16(22)11(2)23-21-15-9-12(17)6-7-14(15)19-20-21/h3-9,11H,1-2H3,(H,18,22). The van der Waals surface area contributed by atoms with Gasteiger partial charge in [0.15, 0.2) is 0 Å². The molecule has 1 N–H and O–H groups in total. The molecule has 23 heavy (non-hydrogen) atoms. The number of hydrogen-bond acceptors (Lipinski definition) is 4. The van der Waals surface area contributed by atoms with Gasteiger partial charge in [-0.2, -0.15) is 0 Å². The smallest absolute Gasteiger partial charge is 0.267 e. The molecule has 6 nitrogen and oxygen atoms in total. The Hall–Kier alpha value is -2.60. The van der Waals surface area contributed by atoms with Crippen LogP contribution in [0, 0.1) is 6.92 Å². The molecule has 0 spiro atoms. The number of anilines is 1. The van der Waals surface area contributed by atoms with Gasteiger partial charge in [-0.15, -0.1) is 5.10 Å². The Morgan fingerprint density at radius 1 is 1.30 bits per heavy atom. The van der Waals surface area contributed by atoms with Crippen LogP contribution in [0.5, 0.6) is 0 Å². The summed E-state index contributed by atoms with van der Waals surface area (Å²) in [5.74, 6) is -0.277. The summed E-state index contributed by atoms with van der Waals surface area (Å²) in [6, 6.07) is 12.7. The van der Waals surface area contributed by atoms with Crippen LogP contribution in [-0.2, 0) is 4.79 Å². The summed E-state index contributed by atoms with van der Waals surface area (Å²) in [6.45, 7) is 3.60. The van der Waals surface area contributed by atoms with Gasteiger partial charge in [0, 0.05) is 10.7 Å². The highest BCUT2D eigenvalue weighted by Crippen LogP contribution is 2.17. The average molecular weight is 331 g/mol. The highest BCUT2D eigenvalue weighted by atomic mass is 35.5. The molecule has 3 rings (SSSR count). The molecule has 0 saturated heterocycles. The van der Waals surface area contributed by atoms with Crippen LogP contribution in [0.1, 0.15) is 12.5 Å². The maximum atomic E-state index is 12.2. The first-order valence-electron chi connectivity index (χ1n) is 7.08. The number of hydrogen-bond donors (Lipinski definition) is 1. The third kappa shape index (κ3) is 3.43. The number of nitrogens with one attached hydrogen (secondary N) is 1. The maximum Gasteiger partial charge on any atom is 0.267 e. The molecule has 0 aliphatic rings. The number of halogens is 1. The number of amides is 1. The highest BCUT2D eigenvalue weighted by molar-refractivity contribution is 6.31. The van der Waals surface area contributed by atoms with Gasteiger partial charge in [0.1, 0.15) is 11.0 Å². The van der Waals surface area contributed by atoms with Crippen LogP contribution in [0.15, 0.2) is 42.5 Å². The highest BCUT2D eigenvalue weighted by Gasteiger charge is 2.17. The monoisotopic (exact) mass is 330 g/mol. The first-order chi connectivity index (χ1) is 11.0. The van der Waals surface area contributed by atoms with E-state index in [1.165, 1.54) is 4.85 Å². The lowest BCUT2D eigenvalue weighted by Gasteiger charge is -2.14. The van der Waals surface area contributed by atoms with Crippen molar-refractivity contribution in [1.29, 1.82) is 0 Å². The van der Waals surface area contributed by atoms with Crippen molar-refractivity contribution in [2.24, 2.45) is 0 Å². The van der Waals surface area contributed by atoms with E-state index in [9.17, 15) is 4.79 Å². The fourth-order valence-corrected chi connectivity index (χ4v) is 2.28. The summed E-state index contributed by atoms with van der Waals surface area (Å²) >= 11 is 5.97. The van der Waals surface area contributed by atoms with Gasteiger partial charge < -0.3 is 10.2 Å². The van der Waals surface area contributed by atoms with Gasteiger partial charge in [-0.05, 0) is 55.0 Å². The van der Waals surface area contributed by atoms with Crippen LogP contribution in [0.4, 0.5) is 5.69 Å². The van der Waals surface area contributed by atoms with Crippen LogP contribution in [0.25, 0.3) is 11.0 Å². The Kier molecular flexibility index (Phi) is 4.16. The van der Waals surface area contributed by atoms with E-state index in [-0.39, 0.29) is 5.91 Å². The number of aryl methyl sites for hydroxylation is 1. The quantitative estimate of drug-likeness (QED) is 0.798. The largest absolute Gasteiger partial charge is 0.382 e. The number of benzene rings is 2. The second-order valence-corrected chi connectivity index (χ2v) is 5.64. The zero-order valence-corrected chi connectivity index (χ0v) is 13.4. The number of carbonyl (C=O) groups is 1. The van der Waals surface area contributed by atoms with Crippen LogP contribution in [-0.4, -0.2) is 27.2 Å². The Labute approximate surface area is 138 Å². The molecule has 7 heteroatoms. The first kappa shape index (κ1) is 15.3. The van der Waals surface area contributed by atoms with E-state index in [4.69, 9.17) is 16.4 Å². The molecule has 0 aliphatic heterocycles. The van der Waals surface area contributed by atoms with Crippen molar-refractivity contribution in [1.82, 2.24) is 15.2 Å². The molecule has 1 aromatic heterocycles. The van der Waals surface area contributed by atoms with Crippen LogP contribution >= 0.6 is 11.6 Å². The molecule has 0 radical (unpaired) electrons. The number of carbonyl (C=O) groups excluding carboxylic acids is 1. The summed E-state index contributed by atoms with van der Waals surface area (Å²) in [4.78, 5) is 19.0. The molecule has 0 fully saturated rings. The van der Waals surface area contributed by atoms with Crippen molar-refractivity contribution in [3.05, 3.63) is 53.1 Å². The summed E-state index contributed by atoms with van der Waals surface area (Å²) in [5, 5.41) is 11.2. The van der Waals surface area contributed by atoms with Crippen molar-refractivity contribution in [3.8, 4) is 0 Å². The van der Waals surface area contributed by atoms with Crippen LogP contribution < -0.4 is 10.2 Å². The number of fused-ring (bicyclic) bond motifs is 1. The summed E-state index contributed by atoms with van der Waals surface area (Å²) in [5.41, 5.74) is 3.03. The van der Waals surface area contributed by atoms with Gasteiger partial charge in [0.2, 0.25) is 6.10 Å². The van der Waals surface area contributed by atoms with E-state index in [2.05, 4.69) is 15.6 Å². The molecular weight excluding hydrogens is 316 g/mol. The molecular formula is C16H15ClN4O2. The molecule has 1 atom stereocenters. The lowest BCUT2D eigenvalue weighted by Crippen LogP contribution is -2.35. The van der Waals surface area contributed by atoms with E-state index in [0.717, 1.165) is 11.3 Å². The van der Waals surface area contributed by atoms with Gasteiger partial charge in [0.05, 0.1) is 0 Å². The molecule has 1 heterocycles. The predicted octanol–water partition coefficient (Wildman–Crippen LogP) is 2.85. The van der Waals surface area contributed by atoms with Crippen molar-refractivity contribution < 1.29 is 9.63 Å². The first-order valence-corrected chi connectivity index (χ1v) is 7.46.